The highest BCUT2D eigenvalue weighted by molar-refractivity contribution is 8.00. The minimum absolute atomic E-state index is 0.174. The number of thioether (sulfide) groups is 1. The van der Waals surface area contributed by atoms with Gasteiger partial charge in [0.05, 0.1) is 10.8 Å². The molecule has 0 spiro atoms. The van der Waals surface area contributed by atoms with E-state index >= 15 is 0 Å². The summed E-state index contributed by atoms with van der Waals surface area (Å²) in [6, 6.07) is 2.21. The summed E-state index contributed by atoms with van der Waals surface area (Å²) in [5.41, 5.74) is -0.481. The minimum Gasteiger partial charge on any atom is -0.355 e. The van der Waals surface area contributed by atoms with Gasteiger partial charge >= 0.3 is 6.18 Å². The quantitative estimate of drug-likeness (QED) is 0.645. The molecule has 1 N–H and O–H groups in total. The van der Waals surface area contributed by atoms with Gasteiger partial charge in [0, 0.05) is 12.7 Å². The van der Waals surface area contributed by atoms with Gasteiger partial charge < -0.3 is 5.32 Å². The van der Waals surface area contributed by atoms with E-state index in [1.807, 2.05) is 6.92 Å². The topological polar surface area (TPSA) is 59.3 Å². The largest absolute Gasteiger partial charge is 0.417 e. The highest BCUT2D eigenvalue weighted by atomic mass is 32.2. The van der Waals surface area contributed by atoms with Crippen molar-refractivity contribution in [3.05, 3.63) is 23.9 Å². The van der Waals surface area contributed by atoms with Crippen LogP contribution in [0.2, 0.25) is 0 Å². The Morgan fingerprint density at radius 3 is 2.78 bits per heavy atom. The van der Waals surface area contributed by atoms with Crippen molar-refractivity contribution in [2.75, 3.05) is 6.54 Å². The number of rotatable bonds is 6. The summed E-state index contributed by atoms with van der Waals surface area (Å²) in [5, 5.41) is 10.2. The van der Waals surface area contributed by atoms with Gasteiger partial charge in [-0.2, -0.15) is 13.2 Å². The van der Waals surface area contributed by atoms with Crippen molar-refractivity contribution in [1.29, 1.82) is 0 Å². The molecule has 2 aromatic heterocycles. The second kappa shape index (κ2) is 7.20. The normalized spacial score (nSPS) is 13.3. The Morgan fingerprint density at radius 1 is 1.39 bits per heavy atom. The first kappa shape index (κ1) is 17.6. The van der Waals surface area contributed by atoms with E-state index < -0.39 is 17.0 Å². The van der Waals surface area contributed by atoms with Crippen molar-refractivity contribution in [1.82, 2.24) is 19.9 Å². The Kier molecular flexibility index (Phi) is 5.51. The van der Waals surface area contributed by atoms with Crippen molar-refractivity contribution >= 4 is 23.3 Å². The summed E-state index contributed by atoms with van der Waals surface area (Å²) in [5.74, 6) is -0.174. The van der Waals surface area contributed by atoms with E-state index in [1.54, 1.807) is 6.92 Å². The SMILES string of the molecule is CCCCNC(=O)C(C)Sc1nnc2ccc(C(F)(F)F)cn12. The molecule has 5 nitrogen and oxygen atoms in total. The average Bonchev–Trinajstić information content (AvgIpc) is 2.89. The number of amides is 1. The molecule has 0 aliphatic heterocycles. The number of carbonyl (C=O) groups is 1. The summed E-state index contributed by atoms with van der Waals surface area (Å²) in [4.78, 5) is 11.9. The third-order valence-electron chi connectivity index (χ3n) is 3.18. The molecule has 0 aliphatic carbocycles. The van der Waals surface area contributed by atoms with Gasteiger partial charge in [0.1, 0.15) is 0 Å². The highest BCUT2D eigenvalue weighted by Gasteiger charge is 2.31. The van der Waals surface area contributed by atoms with Crippen LogP contribution in [0.4, 0.5) is 13.2 Å². The zero-order valence-corrected chi connectivity index (χ0v) is 13.5. The van der Waals surface area contributed by atoms with Crippen LogP contribution in [0.3, 0.4) is 0 Å². The maximum atomic E-state index is 12.8. The molecule has 1 amide bonds. The van der Waals surface area contributed by atoms with E-state index in [0.29, 0.717) is 12.2 Å². The Hall–Kier alpha value is -1.77. The molecule has 1 unspecified atom stereocenters. The molecule has 0 saturated heterocycles. The third-order valence-corrected chi connectivity index (χ3v) is 4.24. The number of hydrogen-bond acceptors (Lipinski definition) is 4. The molecule has 0 bridgehead atoms. The lowest BCUT2D eigenvalue weighted by molar-refractivity contribution is -0.137. The Bertz CT molecular complexity index is 686. The van der Waals surface area contributed by atoms with Gasteiger partial charge in [-0.25, -0.2) is 0 Å². The first-order valence-electron chi connectivity index (χ1n) is 7.19. The molecule has 0 aromatic carbocycles. The van der Waals surface area contributed by atoms with Gasteiger partial charge in [-0.05, 0) is 25.5 Å². The van der Waals surface area contributed by atoms with Gasteiger partial charge in [0.2, 0.25) is 5.91 Å². The molecule has 126 valence electrons. The van der Waals surface area contributed by atoms with Gasteiger partial charge in [-0.3, -0.25) is 9.20 Å². The molecule has 2 aromatic rings. The number of fused-ring (bicyclic) bond motifs is 1. The summed E-state index contributed by atoms with van der Waals surface area (Å²) in [6.45, 7) is 4.28. The second-order valence-electron chi connectivity index (χ2n) is 5.03. The second-order valence-corrected chi connectivity index (χ2v) is 6.34. The van der Waals surface area contributed by atoms with Crippen molar-refractivity contribution in [2.45, 2.75) is 43.3 Å². The number of pyridine rings is 1. The fraction of sp³-hybridized carbons (Fsp3) is 0.500. The van der Waals surface area contributed by atoms with E-state index in [2.05, 4.69) is 15.5 Å². The minimum atomic E-state index is -4.44. The predicted molar refractivity (Wildman–Crippen MR) is 81.2 cm³/mol. The van der Waals surface area contributed by atoms with Crippen LogP contribution in [-0.2, 0) is 11.0 Å². The van der Waals surface area contributed by atoms with E-state index in [4.69, 9.17) is 0 Å². The zero-order valence-electron chi connectivity index (χ0n) is 12.7. The van der Waals surface area contributed by atoms with E-state index in [0.717, 1.165) is 36.9 Å². The Labute approximate surface area is 135 Å². The number of nitrogens with zero attached hydrogens (tertiary/aromatic N) is 3. The van der Waals surface area contributed by atoms with Gasteiger partial charge in [-0.1, -0.05) is 25.1 Å². The lowest BCUT2D eigenvalue weighted by Crippen LogP contribution is -2.31. The first-order valence-corrected chi connectivity index (χ1v) is 8.07. The number of hydrogen-bond donors (Lipinski definition) is 1. The molecule has 0 radical (unpaired) electrons. The van der Waals surface area contributed by atoms with Crippen molar-refractivity contribution in [2.24, 2.45) is 0 Å². The highest BCUT2D eigenvalue weighted by Crippen LogP contribution is 2.30. The first-order chi connectivity index (χ1) is 10.8. The molecule has 2 rings (SSSR count). The number of carbonyl (C=O) groups excluding carboxylic acids is 1. The maximum Gasteiger partial charge on any atom is 0.417 e. The smallest absolute Gasteiger partial charge is 0.355 e. The molecular formula is C14H17F3N4OS. The van der Waals surface area contributed by atoms with Crippen LogP contribution < -0.4 is 5.32 Å². The van der Waals surface area contributed by atoms with Crippen LogP contribution >= 0.6 is 11.8 Å². The van der Waals surface area contributed by atoms with E-state index in [-0.39, 0.29) is 11.1 Å². The Balaban J connectivity index is 2.15. The van der Waals surface area contributed by atoms with Gasteiger partial charge in [0.25, 0.3) is 0 Å². The lowest BCUT2D eigenvalue weighted by Gasteiger charge is -2.11. The fourth-order valence-corrected chi connectivity index (χ4v) is 2.72. The number of halogens is 3. The van der Waals surface area contributed by atoms with E-state index in [1.165, 1.54) is 10.5 Å². The van der Waals surface area contributed by atoms with Crippen molar-refractivity contribution in [3.8, 4) is 0 Å². The lowest BCUT2D eigenvalue weighted by atomic mass is 10.3. The fourth-order valence-electron chi connectivity index (χ4n) is 1.86. The van der Waals surface area contributed by atoms with E-state index in [9.17, 15) is 18.0 Å². The van der Waals surface area contributed by atoms with Crippen LogP contribution in [0.1, 0.15) is 32.3 Å². The summed E-state index contributed by atoms with van der Waals surface area (Å²) < 4.78 is 39.6. The van der Waals surface area contributed by atoms with Gasteiger partial charge in [-0.15, -0.1) is 10.2 Å². The maximum absolute atomic E-state index is 12.8. The summed E-state index contributed by atoms with van der Waals surface area (Å²) in [6.07, 6.45) is -1.65. The molecular weight excluding hydrogens is 329 g/mol. The van der Waals surface area contributed by atoms with Crippen LogP contribution in [0.25, 0.3) is 5.65 Å². The number of unbranched alkanes of at least 4 members (excludes halogenated alkanes) is 1. The molecule has 1 atom stereocenters. The number of alkyl halides is 3. The third kappa shape index (κ3) is 4.37. The zero-order chi connectivity index (χ0) is 17.0. The molecule has 2 heterocycles. The molecule has 23 heavy (non-hydrogen) atoms. The number of aromatic nitrogens is 3. The van der Waals surface area contributed by atoms with Crippen molar-refractivity contribution in [3.63, 3.8) is 0 Å². The number of nitrogens with one attached hydrogen (secondary N) is 1. The van der Waals surface area contributed by atoms with Crippen LogP contribution in [0, 0.1) is 0 Å². The van der Waals surface area contributed by atoms with Crippen LogP contribution in [0.5, 0.6) is 0 Å². The standard InChI is InChI=1S/C14H17F3N4OS/c1-3-4-7-18-12(22)9(2)23-13-20-19-11-6-5-10(8-21(11)13)14(15,16)17/h5-6,8-9H,3-4,7H2,1-2H3,(H,18,22). The molecule has 0 fully saturated rings. The monoisotopic (exact) mass is 346 g/mol. The van der Waals surface area contributed by atoms with Crippen LogP contribution in [-0.4, -0.2) is 32.3 Å². The Morgan fingerprint density at radius 2 is 2.13 bits per heavy atom. The molecule has 0 aliphatic rings. The van der Waals surface area contributed by atoms with Crippen molar-refractivity contribution < 1.29 is 18.0 Å². The summed E-state index contributed by atoms with van der Waals surface area (Å²) in [7, 11) is 0. The summed E-state index contributed by atoms with van der Waals surface area (Å²) >= 11 is 1.08. The predicted octanol–water partition coefficient (Wildman–Crippen LogP) is 3.15. The molecule has 0 saturated carbocycles. The van der Waals surface area contributed by atoms with Crippen LogP contribution in [0.15, 0.2) is 23.5 Å². The van der Waals surface area contributed by atoms with Gasteiger partial charge in [0.15, 0.2) is 10.8 Å². The average molecular weight is 346 g/mol. The molecule has 9 heteroatoms.